The standard InChI is InChI=1S/C18H29NO3/c1-6-14(2)16(19-17(20)22-18(3,4)5)13-21-12-15-10-8-7-9-11-15/h7-11,14,16H,6,12-13H2,1-5H3,(H,19,20)/t14-,16-/m0/s1. The van der Waals surface area contributed by atoms with Gasteiger partial charge in [-0.15, -0.1) is 0 Å². The first-order valence-corrected chi connectivity index (χ1v) is 7.93. The first-order valence-electron chi connectivity index (χ1n) is 7.93. The molecule has 0 fully saturated rings. The summed E-state index contributed by atoms with van der Waals surface area (Å²) in [7, 11) is 0. The monoisotopic (exact) mass is 307 g/mol. The molecular formula is C18H29NO3. The number of carbonyl (C=O) groups excluding carboxylic acids is 1. The number of hydrogen-bond donors (Lipinski definition) is 1. The summed E-state index contributed by atoms with van der Waals surface area (Å²) in [4.78, 5) is 11.9. The molecule has 4 nitrogen and oxygen atoms in total. The second kappa shape index (κ2) is 8.79. The molecule has 0 heterocycles. The van der Waals surface area contributed by atoms with E-state index in [0.29, 0.717) is 19.1 Å². The number of hydrogen-bond acceptors (Lipinski definition) is 3. The second-order valence-corrected chi connectivity index (χ2v) is 6.64. The van der Waals surface area contributed by atoms with Gasteiger partial charge in [-0.2, -0.15) is 0 Å². The summed E-state index contributed by atoms with van der Waals surface area (Å²) in [5.74, 6) is 0.322. The van der Waals surface area contributed by atoms with Crippen molar-refractivity contribution in [2.75, 3.05) is 6.61 Å². The van der Waals surface area contributed by atoms with Crippen LogP contribution in [0.15, 0.2) is 30.3 Å². The minimum atomic E-state index is -0.491. The number of amides is 1. The molecule has 124 valence electrons. The molecule has 0 aromatic heterocycles. The van der Waals surface area contributed by atoms with Crippen molar-refractivity contribution in [1.29, 1.82) is 0 Å². The minimum absolute atomic E-state index is 0.0523. The van der Waals surface area contributed by atoms with Gasteiger partial charge in [-0.3, -0.25) is 0 Å². The van der Waals surface area contributed by atoms with Crippen molar-refractivity contribution < 1.29 is 14.3 Å². The molecule has 1 aromatic carbocycles. The van der Waals surface area contributed by atoms with Crippen LogP contribution in [-0.4, -0.2) is 24.3 Å². The van der Waals surface area contributed by atoms with E-state index in [1.807, 2.05) is 51.1 Å². The van der Waals surface area contributed by atoms with Crippen LogP contribution >= 0.6 is 0 Å². The van der Waals surface area contributed by atoms with Crippen LogP contribution in [0.25, 0.3) is 0 Å². The zero-order valence-electron chi connectivity index (χ0n) is 14.4. The van der Waals surface area contributed by atoms with E-state index in [9.17, 15) is 4.79 Å². The maximum absolute atomic E-state index is 11.9. The second-order valence-electron chi connectivity index (χ2n) is 6.64. The Balaban J connectivity index is 2.48. The average Bonchev–Trinajstić information content (AvgIpc) is 2.44. The number of alkyl carbamates (subject to hydrolysis) is 1. The predicted molar refractivity (Wildman–Crippen MR) is 88.7 cm³/mol. The Labute approximate surface area is 134 Å². The third-order valence-corrected chi connectivity index (χ3v) is 3.44. The summed E-state index contributed by atoms with van der Waals surface area (Å²) in [6, 6.07) is 9.96. The maximum atomic E-state index is 11.9. The molecule has 0 aliphatic rings. The van der Waals surface area contributed by atoms with Gasteiger partial charge in [0.05, 0.1) is 19.3 Å². The predicted octanol–water partition coefficient (Wildman–Crippen LogP) is 4.14. The lowest BCUT2D eigenvalue weighted by molar-refractivity contribution is 0.0378. The highest BCUT2D eigenvalue weighted by Gasteiger charge is 2.22. The highest BCUT2D eigenvalue weighted by Crippen LogP contribution is 2.12. The number of benzene rings is 1. The lowest BCUT2D eigenvalue weighted by atomic mass is 10.00. The Bertz CT molecular complexity index is 439. The molecule has 0 aliphatic carbocycles. The van der Waals surface area contributed by atoms with Crippen molar-refractivity contribution in [3.05, 3.63) is 35.9 Å². The van der Waals surface area contributed by atoms with Crippen LogP contribution in [0, 0.1) is 5.92 Å². The summed E-state index contributed by atoms with van der Waals surface area (Å²) in [5, 5.41) is 2.92. The van der Waals surface area contributed by atoms with Gasteiger partial charge in [0.25, 0.3) is 0 Å². The molecule has 0 radical (unpaired) electrons. The third kappa shape index (κ3) is 7.46. The Kier molecular flexibility index (Phi) is 7.39. The van der Waals surface area contributed by atoms with Crippen molar-refractivity contribution in [3.63, 3.8) is 0 Å². The van der Waals surface area contributed by atoms with Crippen LogP contribution in [0.2, 0.25) is 0 Å². The Morgan fingerprint density at radius 2 is 1.86 bits per heavy atom. The van der Waals surface area contributed by atoms with E-state index >= 15 is 0 Å². The van der Waals surface area contributed by atoms with Gasteiger partial charge in [-0.05, 0) is 32.3 Å². The number of ether oxygens (including phenoxy) is 2. The molecule has 0 saturated heterocycles. The molecule has 22 heavy (non-hydrogen) atoms. The molecule has 4 heteroatoms. The first-order chi connectivity index (χ1) is 10.3. The molecule has 0 unspecified atom stereocenters. The lowest BCUT2D eigenvalue weighted by Crippen LogP contribution is -2.44. The molecule has 1 rings (SSSR count). The molecule has 0 aliphatic heterocycles. The highest BCUT2D eigenvalue weighted by atomic mass is 16.6. The van der Waals surface area contributed by atoms with Gasteiger partial charge in [0.1, 0.15) is 5.60 Å². The van der Waals surface area contributed by atoms with Crippen LogP contribution in [0.4, 0.5) is 4.79 Å². The summed E-state index contributed by atoms with van der Waals surface area (Å²) in [6.07, 6.45) is 0.580. The molecule has 0 saturated carbocycles. The average molecular weight is 307 g/mol. The number of nitrogens with one attached hydrogen (secondary N) is 1. The Hall–Kier alpha value is -1.55. The number of carbonyl (C=O) groups is 1. The van der Waals surface area contributed by atoms with Crippen LogP contribution in [0.3, 0.4) is 0 Å². The largest absolute Gasteiger partial charge is 0.444 e. The SMILES string of the molecule is CC[C@H](C)[C@H](COCc1ccccc1)NC(=O)OC(C)(C)C. The minimum Gasteiger partial charge on any atom is -0.444 e. The van der Waals surface area contributed by atoms with Crippen LogP contribution in [0.1, 0.15) is 46.6 Å². The highest BCUT2D eigenvalue weighted by molar-refractivity contribution is 5.68. The van der Waals surface area contributed by atoms with Crippen molar-refractivity contribution >= 4 is 6.09 Å². The van der Waals surface area contributed by atoms with Crippen LogP contribution in [0.5, 0.6) is 0 Å². The van der Waals surface area contributed by atoms with Gasteiger partial charge >= 0.3 is 6.09 Å². The molecule has 0 spiro atoms. The smallest absolute Gasteiger partial charge is 0.407 e. The fourth-order valence-corrected chi connectivity index (χ4v) is 1.97. The maximum Gasteiger partial charge on any atom is 0.407 e. The third-order valence-electron chi connectivity index (χ3n) is 3.44. The Morgan fingerprint density at radius 3 is 2.41 bits per heavy atom. The van der Waals surface area contributed by atoms with E-state index < -0.39 is 5.60 Å². The van der Waals surface area contributed by atoms with Crippen molar-refractivity contribution in [2.45, 2.75) is 59.3 Å². The van der Waals surface area contributed by atoms with Gasteiger partial charge in [0.2, 0.25) is 0 Å². The van der Waals surface area contributed by atoms with Crippen molar-refractivity contribution in [1.82, 2.24) is 5.32 Å². The Morgan fingerprint density at radius 1 is 1.23 bits per heavy atom. The van der Waals surface area contributed by atoms with E-state index in [4.69, 9.17) is 9.47 Å². The van der Waals surface area contributed by atoms with Crippen LogP contribution < -0.4 is 5.32 Å². The summed E-state index contributed by atoms with van der Waals surface area (Å²) >= 11 is 0. The molecule has 0 bridgehead atoms. The van der Waals surface area contributed by atoms with E-state index in [0.717, 1.165) is 12.0 Å². The van der Waals surface area contributed by atoms with Crippen molar-refractivity contribution in [3.8, 4) is 0 Å². The topological polar surface area (TPSA) is 47.6 Å². The fraction of sp³-hybridized carbons (Fsp3) is 0.611. The quantitative estimate of drug-likeness (QED) is 0.823. The van der Waals surface area contributed by atoms with Crippen molar-refractivity contribution in [2.24, 2.45) is 5.92 Å². The normalized spacial score (nSPS) is 14.2. The summed E-state index contributed by atoms with van der Waals surface area (Å²) in [6.45, 7) is 10.8. The van der Waals surface area contributed by atoms with E-state index in [1.54, 1.807) is 0 Å². The molecule has 1 amide bonds. The molecule has 1 aromatic rings. The fourth-order valence-electron chi connectivity index (χ4n) is 1.97. The van der Waals surface area contributed by atoms with Gasteiger partial charge < -0.3 is 14.8 Å². The summed E-state index contributed by atoms with van der Waals surface area (Å²) < 4.78 is 11.1. The van der Waals surface area contributed by atoms with E-state index in [1.165, 1.54) is 0 Å². The lowest BCUT2D eigenvalue weighted by Gasteiger charge is -2.26. The summed E-state index contributed by atoms with van der Waals surface area (Å²) in [5.41, 5.74) is 0.636. The van der Waals surface area contributed by atoms with Gasteiger partial charge in [-0.25, -0.2) is 4.79 Å². The zero-order chi connectivity index (χ0) is 16.6. The van der Waals surface area contributed by atoms with Crippen LogP contribution in [-0.2, 0) is 16.1 Å². The number of rotatable bonds is 7. The van der Waals surface area contributed by atoms with Gasteiger partial charge in [-0.1, -0.05) is 50.6 Å². The van der Waals surface area contributed by atoms with E-state index in [-0.39, 0.29) is 12.1 Å². The first kappa shape index (κ1) is 18.5. The van der Waals surface area contributed by atoms with Gasteiger partial charge in [0, 0.05) is 0 Å². The molecular weight excluding hydrogens is 278 g/mol. The zero-order valence-corrected chi connectivity index (χ0v) is 14.4. The van der Waals surface area contributed by atoms with E-state index in [2.05, 4.69) is 19.2 Å². The molecule has 1 N–H and O–H groups in total. The van der Waals surface area contributed by atoms with Gasteiger partial charge in [0.15, 0.2) is 0 Å². The molecule has 2 atom stereocenters.